The van der Waals surface area contributed by atoms with Gasteiger partial charge in [-0.15, -0.1) is 11.8 Å². The largest absolute Gasteiger partial charge is 0.496 e. The monoisotopic (exact) mass is 382 g/mol. The lowest BCUT2D eigenvalue weighted by Crippen LogP contribution is -2.27. The Balaban J connectivity index is 1.64. The topological polar surface area (TPSA) is 67.4 Å². The second-order valence-corrected chi connectivity index (χ2v) is 7.18. The van der Waals surface area contributed by atoms with Crippen LogP contribution in [-0.2, 0) is 16.0 Å². The van der Waals surface area contributed by atoms with Crippen molar-refractivity contribution in [2.45, 2.75) is 13.3 Å². The average Bonchev–Trinajstić information content (AvgIpc) is 2.69. The number of hydrogen-bond donors (Lipinski definition) is 2. The van der Waals surface area contributed by atoms with Crippen LogP contribution < -0.4 is 10.6 Å². The van der Waals surface area contributed by atoms with Crippen molar-refractivity contribution in [1.29, 1.82) is 0 Å². The van der Waals surface area contributed by atoms with Crippen LogP contribution in [0.25, 0.3) is 0 Å². The number of para-hydroxylation sites is 1. The smallest absolute Gasteiger partial charge is 0.265 e. The second-order valence-electron chi connectivity index (χ2n) is 6.07. The van der Waals surface area contributed by atoms with E-state index in [1.165, 1.54) is 11.8 Å². The summed E-state index contributed by atoms with van der Waals surface area (Å²) in [6.07, 6.45) is 0.751. The van der Waals surface area contributed by atoms with Gasteiger partial charge < -0.3 is 15.4 Å². The van der Waals surface area contributed by atoms with Gasteiger partial charge in [-0.05, 0) is 31.0 Å². The molecule has 1 aliphatic rings. The molecular formula is C21H22N2O3S. The van der Waals surface area contributed by atoms with Gasteiger partial charge in [0.1, 0.15) is 10.7 Å². The van der Waals surface area contributed by atoms with Gasteiger partial charge in [-0.2, -0.15) is 0 Å². The standard InChI is InChI=1S/C21H22N2O3S/c1-15-19(27-14-13-26-15)21(25)23-18-10-6-5-9-17(18)20(24)22-12-11-16-7-3-2-4-8-16/h2-10H,11-14H2,1H3,(H,22,24)(H,23,25). The number of hydrogen-bond acceptors (Lipinski definition) is 4. The van der Waals surface area contributed by atoms with Crippen molar-refractivity contribution >= 4 is 29.3 Å². The highest BCUT2D eigenvalue weighted by Gasteiger charge is 2.20. The van der Waals surface area contributed by atoms with Crippen molar-refractivity contribution in [2.75, 3.05) is 24.2 Å². The van der Waals surface area contributed by atoms with Crippen LogP contribution in [0.15, 0.2) is 65.3 Å². The summed E-state index contributed by atoms with van der Waals surface area (Å²) in [4.78, 5) is 25.7. The van der Waals surface area contributed by atoms with Crippen molar-refractivity contribution in [1.82, 2.24) is 5.32 Å². The molecule has 27 heavy (non-hydrogen) atoms. The summed E-state index contributed by atoms with van der Waals surface area (Å²) in [6, 6.07) is 17.0. The first-order valence-corrected chi connectivity index (χ1v) is 9.82. The molecule has 5 nitrogen and oxygen atoms in total. The highest BCUT2D eigenvalue weighted by Crippen LogP contribution is 2.27. The van der Waals surface area contributed by atoms with Crippen LogP contribution in [0.4, 0.5) is 5.69 Å². The molecule has 2 amide bonds. The molecule has 0 atom stereocenters. The zero-order valence-electron chi connectivity index (χ0n) is 15.2. The normalized spacial score (nSPS) is 13.7. The number of carbonyl (C=O) groups is 2. The lowest BCUT2D eigenvalue weighted by atomic mass is 10.1. The molecule has 2 aromatic rings. The van der Waals surface area contributed by atoms with Crippen molar-refractivity contribution in [3.05, 3.63) is 76.4 Å². The van der Waals surface area contributed by atoms with E-state index in [2.05, 4.69) is 10.6 Å². The minimum Gasteiger partial charge on any atom is -0.496 e. The molecule has 1 aliphatic heterocycles. The van der Waals surface area contributed by atoms with Crippen LogP contribution in [0.3, 0.4) is 0 Å². The molecule has 0 fully saturated rings. The number of amides is 2. The molecule has 0 aromatic heterocycles. The Labute approximate surface area is 163 Å². The number of anilines is 1. The van der Waals surface area contributed by atoms with Gasteiger partial charge in [0.05, 0.1) is 17.9 Å². The van der Waals surface area contributed by atoms with Crippen LogP contribution in [0, 0.1) is 0 Å². The number of rotatable bonds is 6. The Kier molecular flexibility index (Phi) is 6.54. The van der Waals surface area contributed by atoms with E-state index in [0.717, 1.165) is 17.7 Å². The van der Waals surface area contributed by atoms with Crippen LogP contribution in [0.1, 0.15) is 22.8 Å². The minimum atomic E-state index is -0.248. The third kappa shape index (κ3) is 5.14. The zero-order valence-corrected chi connectivity index (χ0v) is 16.0. The Morgan fingerprint density at radius 3 is 2.56 bits per heavy atom. The van der Waals surface area contributed by atoms with Crippen LogP contribution in [0.2, 0.25) is 0 Å². The van der Waals surface area contributed by atoms with Crippen molar-refractivity contribution in [3.8, 4) is 0 Å². The summed E-state index contributed by atoms with van der Waals surface area (Å²) < 4.78 is 5.44. The molecule has 140 valence electrons. The highest BCUT2D eigenvalue weighted by atomic mass is 32.2. The van der Waals surface area contributed by atoms with Crippen molar-refractivity contribution in [2.24, 2.45) is 0 Å². The van der Waals surface area contributed by atoms with Gasteiger partial charge in [0.15, 0.2) is 0 Å². The number of ether oxygens (including phenoxy) is 1. The molecule has 0 unspecified atom stereocenters. The molecule has 0 aliphatic carbocycles. The molecule has 0 saturated heterocycles. The fourth-order valence-corrected chi connectivity index (χ4v) is 3.58. The van der Waals surface area contributed by atoms with Crippen molar-refractivity contribution < 1.29 is 14.3 Å². The fraction of sp³-hybridized carbons (Fsp3) is 0.238. The van der Waals surface area contributed by atoms with Gasteiger partial charge in [-0.1, -0.05) is 42.5 Å². The molecule has 1 heterocycles. The first-order valence-electron chi connectivity index (χ1n) is 8.84. The lowest BCUT2D eigenvalue weighted by Gasteiger charge is -2.18. The molecule has 3 rings (SSSR count). The average molecular weight is 382 g/mol. The second kappa shape index (κ2) is 9.28. The molecular weight excluding hydrogens is 360 g/mol. The zero-order chi connectivity index (χ0) is 19.1. The Bertz CT molecular complexity index is 850. The third-order valence-electron chi connectivity index (χ3n) is 4.14. The van der Waals surface area contributed by atoms with Crippen LogP contribution in [-0.4, -0.2) is 30.7 Å². The molecule has 0 saturated carbocycles. The van der Waals surface area contributed by atoms with Gasteiger partial charge in [0, 0.05) is 12.3 Å². The lowest BCUT2D eigenvalue weighted by molar-refractivity contribution is -0.112. The minimum absolute atomic E-state index is 0.208. The summed E-state index contributed by atoms with van der Waals surface area (Å²) in [6.45, 7) is 2.91. The molecule has 0 spiro atoms. The number of nitrogens with one attached hydrogen (secondary N) is 2. The number of thioether (sulfide) groups is 1. The quantitative estimate of drug-likeness (QED) is 0.801. The SMILES string of the molecule is CC1=C(C(=O)Nc2ccccc2C(=O)NCCc2ccccc2)SCCO1. The van der Waals surface area contributed by atoms with E-state index in [4.69, 9.17) is 4.74 Å². The van der Waals surface area contributed by atoms with Gasteiger partial charge in [-0.25, -0.2) is 0 Å². The van der Waals surface area contributed by atoms with Crippen molar-refractivity contribution in [3.63, 3.8) is 0 Å². The van der Waals surface area contributed by atoms with E-state index in [-0.39, 0.29) is 11.8 Å². The van der Waals surface area contributed by atoms with E-state index < -0.39 is 0 Å². The Hall–Kier alpha value is -2.73. The summed E-state index contributed by atoms with van der Waals surface area (Å²) in [5.41, 5.74) is 2.10. The first kappa shape index (κ1) is 19.0. The fourth-order valence-electron chi connectivity index (χ4n) is 2.76. The van der Waals surface area contributed by atoms with E-state index in [1.807, 2.05) is 30.3 Å². The van der Waals surface area contributed by atoms with Crippen LogP contribution in [0.5, 0.6) is 0 Å². The number of benzene rings is 2. The maximum atomic E-state index is 12.6. The van der Waals surface area contributed by atoms with Gasteiger partial charge in [0.2, 0.25) is 0 Å². The predicted molar refractivity (Wildman–Crippen MR) is 109 cm³/mol. The Morgan fingerprint density at radius 1 is 1.04 bits per heavy atom. The summed E-state index contributed by atoms with van der Waals surface area (Å²) in [5.74, 6) is 0.900. The molecule has 0 bridgehead atoms. The first-order chi connectivity index (χ1) is 13.1. The predicted octanol–water partition coefficient (Wildman–Crippen LogP) is 3.59. The molecule has 6 heteroatoms. The molecule has 2 N–H and O–H groups in total. The van der Waals surface area contributed by atoms with E-state index in [0.29, 0.717) is 35.1 Å². The van der Waals surface area contributed by atoms with Gasteiger partial charge in [-0.3, -0.25) is 9.59 Å². The molecule has 2 aromatic carbocycles. The van der Waals surface area contributed by atoms with E-state index >= 15 is 0 Å². The van der Waals surface area contributed by atoms with E-state index in [9.17, 15) is 9.59 Å². The summed E-state index contributed by atoms with van der Waals surface area (Å²) >= 11 is 1.47. The summed E-state index contributed by atoms with van der Waals surface area (Å²) in [5, 5.41) is 5.76. The Morgan fingerprint density at radius 2 is 1.78 bits per heavy atom. The number of allylic oxidation sites excluding steroid dienone is 1. The van der Waals surface area contributed by atoms with Gasteiger partial charge >= 0.3 is 0 Å². The third-order valence-corrected chi connectivity index (χ3v) is 5.27. The summed E-state index contributed by atoms with van der Waals surface area (Å²) in [7, 11) is 0. The highest BCUT2D eigenvalue weighted by molar-refractivity contribution is 8.04. The maximum absolute atomic E-state index is 12.6. The van der Waals surface area contributed by atoms with Crippen LogP contribution >= 0.6 is 11.8 Å². The maximum Gasteiger partial charge on any atom is 0.265 e. The number of carbonyl (C=O) groups excluding carboxylic acids is 2. The van der Waals surface area contributed by atoms with E-state index in [1.54, 1.807) is 31.2 Å². The molecule has 0 radical (unpaired) electrons. The van der Waals surface area contributed by atoms with Gasteiger partial charge in [0.25, 0.3) is 11.8 Å².